The second-order valence-electron chi connectivity index (χ2n) is 6.05. The fraction of sp³-hybridized carbons (Fsp3) is 0.529. The van der Waals surface area contributed by atoms with E-state index in [4.69, 9.17) is 0 Å². The molecule has 2 rings (SSSR count). The summed E-state index contributed by atoms with van der Waals surface area (Å²) < 4.78 is 0. The molecule has 1 aliphatic carbocycles. The Morgan fingerprint density at radius 1 is 1.38 bits per heavy atom. The molecule has 114 valence electrons. The molecule has 0 aliphatic heterocycles. The Kier molecular flexibility index (Phi) is 4.66. The summed E-state index contributed by atoms with van der Waals surface area (Å²) in [6.45, 7) is 4.03. The first kappa shape index (κ1) is 15.5. The molecule has 4 heteroatoms. The van der Waals surface area contributed by atoms with Gasteiger partial charge in [0.05, 0.1) is 0 Å². The monoisotopic (exact) mass is 289 g/mol. The quantitative estimate of drug-likeness (QED) is 0.895. The molecular weight excluding hydrogens is 266 g/mol. The molecule has 4 nitrogen and oxygen atoms in total. The average Bonchev–Trinajstić information content (AvgIpc) is 2.47. The number of aliphatic carboxylic acids is 1. The van der Waals surface area contributed by atoms with Gasteiger partial charge < -0.3 is 10.4 Å². The lowest BCUT2D eigenvalue weighted by atomic mass is 9.76. The van der Waals surface area contributed by atoms with Crippen molar-refractivity contribution in [3.8, 4) is 0 Å². The molecular formula is C17H23NO3. The van der Waals surface area contributed by atoms with E-state index in [9.17, 15) is 14.7 Å². The number of rotatable bonds is 4. The highest BCUT2D eigenvalue weighted by atomic mass is 16.4. The molecule has 1 aromatic rings. The second kappa shape index (κ2) is 6.29. The van der Waals surface area contributed by atoms with Crippen LogP contribution in [0.5, 0.6) is 0 Å². The van der Waals surface area contributed by atoms with Crippen LogP contribution in [0.3, 0.4) is 0 Å². The van der Waals surface area contributed by atoms with Crippen LogP contribution in [0.4, 0.5) is 0 Å². The predicted molar refractivity (Wildman–Crippen MR) is 81.3 cm³/mol. The Bertz CT molecular complexity index is 541. The first-order chi connectivity index (χ1) is 9.98. The Morgan fingerprint density at radius 3 is 2.71 bits per heavy atom. The van der Waals surface area contributed by atoms with Gasteiger partial charge in [0, 0.05) is 5.56 Å². The van der Waals surface area contributed by atoms with Crippen molar-refractivity contribution in [1.29, 1.82) is 0 Å². The standard InChI is InChI=1S/C17H23NO3/c1-3-13-8-4-5-9-14(13)15(19)18-17(16(20)21)10-6-7-12(2)11-17/h4-5,8-9,12H,3,6-7,10-11H2,1-2H3,(H,18,19)(H,20,21). The van der Waals surface area contributed by atoms with Crippen LogP contribution in [-0.4, -0.2) is 22.5 Å². The molecule has 2 N–H and O–H groups in total. The van der Waals surface area contributed by atoms with Crippen LogP contribution in [-0.2, 0) is 11.2 Å². The summed E-state index contributed by atoms with van der Waals surface area (Å²) in [7, 11) is 0. The van der Waals surface area contributed by atoms with Crippen molar-refractivity contribution in [2.45, 2.75) is 51.5 Å². The maximum absolute atomic E-state index is 12.5. The zero-order chi connectivity index (χ0) is 15.5. The third-order valence-electron chi connectivity index (χ3n) is 4.40. The van der Waals surface area contributed by atoms with E-state index >= 15 is 0 Å². The van der Waals surface area contributed by atoms with Gasteiger partial charge in [-0.2, -0.15) is 0 Å². The average molecular weight is 289 g/mol. The number of hydrogen-bond donors (Lipinski definition) is 2. The summed E-state index contributed by atoms with van der Waals surface area (Å²) in [6.07, 6.45) is 3.62. The van der Waals surface area contributed by atoms with Crippen molar-refractivity contribution >= 4 is 11.9 Å². The highest BCUT2D eigenvalue weighted by Gasteiger charge is 2.43. The molecule has 0 bridgehead atoms. The van der Waals surface area contributed by atoms with Gasteiger partial charge in [0.15, 0.2) is 0 Å². The van der Waals surface area contributed by atoms with Crippen molar-refractivity contribution in [3.63, 3.8) is 0 Å². The Morgan fingerprint density at radius 2 is 2.10 bits per heavy atom. The lowest BCUT2D eigenvalue weighted by molar-refractivity contribution is -0.146. The first-order valence-corrected chi connectivity index (χ1v) is 7.62. The van der Waals surface area contributed by atoms with E-state index in [0.717, 1.165) is 24.8 Å². The topological polar surface area (TPSA) is 66.4 Å². The smallest absolute Gasteiger partial charge is 0.329 e. The number of carbonyl (C=O) groups is 2. The molecule has 0 heterocycles. The van der Waals surface area contributed by atoms with Crippen molar-refractivity contribution in [2.24, 2.45) is 5.92 Å². The number of aryl methyl sites for hydroxylation is 1. The van der Waals surface area contributed by atoms with E-state index in [1.807, 2.05) is 32.0 Å². The van der Waals surface area contributed by atoms with Gasteiger partial charge in [0.25, 0.3) is 5.91 Å². The lowest BCUT2D eigenvalue weighted by Gasteiger charge is -2.37. The molecule has 2 atom stereocenters. The van der Waals surface area contributed by atoms with E-state index in [1.165, 1.54) is 0 Å². The minimum absolute atomic E-state index is 0.274. The van der Waals surface area contributed by atoms with Crippen LogP contribution in [0, 0.1) is 5.92 Å². The summed E-state index contributed by atoms with van der Waals surface area (Å²) in [5, 5.41) is 12.4. The molecule has 2 unspecified atom stereocenters. The highest BCUT2D eigenvalue weighted by Crippen LogP contribution is 2.33. The molecule has 1 amide bonds. The molecule has 1 aromatic carbocycles. The normalized spacial score (nSPS) is 25.3. The van der Waals surface area contributed by atoms with Gasteiger partial charge in [-0.1, -0.05) is 44.9 Å². The molecule has 0 radical (unpaired) electrons. The van der Waals surface area contributed by atoms with Gasteiger partial charge in [0.2, 0.25) is 0 Å². The van der Waals surface area contributed by atoms with Gasteiger partial charge >= 0.3 is 5.97 Å². The summed E-state index contributed by atoms with van der Waals surface area (Å²) in [4.78, 5) is 24.3. The van der Waals surface area contributed by atoms with Crippen molar-refractivity contribution in [3.05, 3.63) is 35.4 Å². The summed E-state index contributed by atoms with van der Waals surface area (Å²) in [5.74, 6) is -0.878. The zero-order valence-electron chi connectivity index (χ0n) is 12.7. The zero-order valence-corrected chi connectivity index (χ0v) is 12.7. The van der Waals surface area contributed by atoms with Gasteiger partial charge in [-0.15, -0.1) is 0 Å². The van der Waals surface area contributed by atoms with E-state index in [0.29, 0.717) is 24.3 Å². The molecule has 21 heavy (non-hydrogen) atoms. The number of hydrogen-bond acceptors (Lipinski definition) is 2. The SMILES string of the molecule is CCc1ccccc1C(=O)NC1(C(=O)O)CCCC(C)C1. The van der Waals surface area contributed by atoms with Crippen LogP contribution in [0.15, 0.2) is 24.3 Å². The first-order valence-electron chi connectivity index (χ1n) is 7.62. The Balaban J connectivity index is 2.25. The van der Waals surface area contributed by atoms with Crippen LogP contribution in [0.1, 0.15) is 55.5 Å². The fourth-order valence-corrected chi connectivity index (χ4v) is 3.25. The molecule has 1 aliphatic rings. The van der Waals surface area contributed by atoms with E-state index in [1.54, 1.807) is 6.07 Å². The number of carbonyl (C=O) groups excluding carboxylic acids is 1. The molecule has 1 saturated carbocycles. The second-order valence-corrected chi connectivity index (χ2v) is 6.05. The Labute approximate surface area is 125 Å². The van der Waals surface area contributed by atoms with Crippen LogP contribution >= 0.6 is 0 Å². The summed E-state index contributed by atoms with van der Waals surface area (Å²) in [6, 6.07) is 7.37. The minimum atomic E-state index is -1.12. The largest absolute Gasteiger partial charge is 0.480 e. The molecule has 0 aromatic heterocycles. The maximum Gasteiger partial charge on any atom is 0.329 e. The van der Waals surface area contributed by atoms with Gasteiger partial charge in [-0.3, -0.25) is 4.79 Å². The van der Waals surface area contributed by atoms with Crippen molar-refractivity contribution in [2.75, 3.05) is 0 Å². The number of carboxylic acids is 1. The third kappa shape index (κ3) is 3.26. The van der Waals surface area contributed by atoms with E-state index in [2.05, 4.69) is 5.32 Å². The number of carboxylic acid groups (broad SMARTS) is 1. The Hall–Kier alpha value is -1.84. The molecule has 1 fully saturated rings. The molecule has 0 saturated heterocycles. The van der Waals surface area contributed by atoms with Crippen LogP contribution in [0.25, 0.3) is 0 Å². The highest BCUT2D eigenvalue weighted by molar-refractivity contribution is 5.99. The summed E-state index contributed by atoms with van der Waals surface area (Å²) >= 11 is 0. The van der Waals surface area contributed by atoms with Crippen LogP contribution in [0.2, 0.25) is 0 Å². The molecule has 0 spiro atoms. The third-order valence-corrected chi connectivity index (χ3v) is 4.40. The van der Waals surface area contributed by atoms with Gasteiger partial charge in [-0.25, -0.2) is 4.79 Å². The van der Waals surface area contributed by atoms with Crippen molar-refractivity contribution in [1.82, 2.24) is 5.32 Å². The summed E-state index contributed by atoms with van der Waals surface area (Å²) in [5.41, 5.74) is 0.411. The lowest BCUT2D eigenvalue weighted by Crippen LogP contribution is -2.56. The predicted octanol–water partition coefficient (Wildman–Crippen LogP) is 3.01. The van der Waals surface area contributed by atoms with E-state index < -0.39 is 11.5 Å². The van der Waals surface area contributed by atoms with Gasteiger partial charge in [0.1, 0.15) is 5.54 Å². The van der Waals surface area contributed by atoms with Crippen LogP contribution < -0.4 is 5.32 Å². The van der Waals surface area contributed by atoms with Gasteiger partial charge in [-0.05, 0) is 36.8 Å². The maximum atomic E-state index is 12.5. The van der Waals surface area contributed by atoms with E-state index in [-0.39, 0.29) is 5.91 Å². The minimum Gasteiger partial charge on any atom is -0.480 e. The fourth-order valence-electron chi connectivity index (χ4n) is 3.25. The van der Waals surface area contributed by atoms with Crippen molar-refractivity contribution < 1.29 is 14.7 Å². The number of nitrogens with one attached hydrogen (secondary N) is 1. The number of benzene rings is 1. The number of amides is 1.